The molecule has 0 spiro atoms. The molecular formula is C38H47F6N3O4. The van der Waals surface area contributed by atoms with E-state index in [1.165, 1.54) is 24.3 Å². The summed E-state index contributed by atoms with van der Waals surface area (Å²) in [5.74, 6) is 0.0635. The highest BCUT2D eigenvalue weighted by molar-refractivity contribution is 5.81. The lowest BCUT2D eigenvalue weighted by atomic mass is 9.48. The summed E-state index contributed by atoms with van der Waals surface area (Å²) in [5, 5.41) is 3.14. The molecule has 2 aromatic carbocycles. The van der Waals surface area contributed by atoms with Gasteiger partial charge in [0.15, 0.2) is 0 Å². The van der Waals surface area contributed by atoms with Crippen LogP contribution in [-0.4, -0.2) is 74.0 Å². The van der Waals surface area contributed by atoms with Gasteiger partial charge < -0.3 is 19.7 Å². The van der Waals surface area contributed by atoms with Crippen LogP contribution >= 0.6 is 0 Å². The molecule has 0 radical (unpaired) electrons. The summed E-state index contributed by atoms with van der Waals surface area (Å²) in [6.45, 7) is 7.25. The molecule has 4 aliphatic rings. The van der Waals surface area contributed by atoms with Crippen molar-refractivity contribution in [1.29, 1.82) is 0 Å². The Labute approximate surface area is 295 Å². The Morgan fingerprint density at radius 2 is 1.41 bits per heavy atom. The van der Waals surface area contributed by atoms with E-state index >= 15 is 0 Å². The molecule has 7 atom stereocenters. The molecule has 4 fully saturated rings. The quantitative estimate of drug-likeness (QED) is 0.267. The van der Waals surface area contributed by atoms with Gasteiger partial charge in [0.2, 0.25) is 5.91 Å². The van der Waals surface area contributed by atoms with E-state index in [0.29, 0.717) is 53.9 Å². The largest absolute Gasteiger partial charge is 0.573 e. The monoisotopic (exact) mass is 723 g/mol. The molecule has 1 N–H and O–H groups in total. The molecule has 7 nitrogen and oxygen atoms in total. The number of halogens is 6. The average molecular weight is 724 g/mol. The number of ether oxygens (including phenoxy) is 2. The number of Topliss-reactive ketones (excluding diaryl/α,β-unsaturated/α-hetero) is 1. The maximum atomic E-state index is 14.4. The number of alkyl halides is 6. The van der Waals surface area contributed by atoms with Crippen molar-refractivity contribution < 1.29 is 45.4 Å². The second kappa shape index (κ2) is 13.9. The fourth-order valence-corrected chi connectivity index (χ4v) is 10.2. The normalized spacial score (nSPS) is 31.2. The number of hydrogen-bond acceptors (Lipinski definition) is 6. The van der Waals surface area contributed by atoms with E-state index in [4.69, 9.17) is 0 Å². The predicted octanol–water partition coefficient (Wildman–Crippen LogP) is 7.75. The molecule has 0 aromatic heterocycles. The molecule has 5 unspecified atom stereocenters. The molecule has 13 heteroatoms. The van der Waals surface area contributed by atoms with Gasteiger partial charge in [-0.3, -0.25) is 14.5 Å². The first-order valence-corrected chi connectivity index (χ1v) is 17.8. The molecule has 1 saturated heterocycles. The third-order valence-corrected chi connectivity index (χ3v) is 12.6. The number of carbonyl (C=O) groups excluding carboxylic acids is 2. The van der Waals surface area contributed by atoms with E-state index in [0.717, 1.165) is 69.6 Å². The number of nitrogens with zero attached hydrogens (tertiary/aromatic N) is 2. The van der Waals surface area contributed by atoms with E-state index in [-0.39, 0.29) is 28.7 Å². The van der Waals surface area contributed by atoms with Crippen molar-refractivity contribution in [2.24, 2.45) is 34.5 Å². The molecule has 6 rings (SSSR count). The zero-order valence-electron chi connectivity index (χ0n) is 29.4. The molecule has 3 saturated carbocycles. The van der Waals surface area contributed by atoms with Crippen molar-refractivity contribution in [3.63, 3.8) is 0 Å². The van der Waals surface area contributed by atoms with Gasteiger partial charge in [-0.15, -0.1) is 26.3 Å². The van der Waals surface area contributed by atoms with Crippen molar-refractivity contribution in [1.82, 2.24) is 15.1 Å². The number of benzene rings is 2. The fraction of sp³-hybridized carbons (Fsp3) is 0.632. The summed E-state index contributed by atoms with van der Waals surface area (Å²) in [6.07, 6.45) is -4.30. The lowest BCUT2D eigenvalue weighted by Gasteiger charge is -2.63. The second-order valence-electron chi connectivity index (χ2n) is 15.8. The SMILES string of the molecule is CN(C)CCN1CC2C3CCC(C(=O)NC(c4ccc(OC(F)(F)F)cc4)c4ccc(OC(F)(F)F)cc4)[C@@]3(C)CCC2[C@@]2(C)CCC(=O)CC12. The lowest BCUT2D eigenvalue weighted by molar-refractivity contribution is -0.275. The second-order valence-corrected chi connectivity index (χ2v) is 15.8. The Morgan fingerprint density at radius 3 is 1.94 bits per heavy atom. The van der Waals surface area contributed by atoms with Crippen LogP contribution in [0, 0.1) is 34.5 Å². The minimum absolute atomic E-state index is 0.0138. The average Bonchev–Trinajstić information content (AvgIpc) is 3.40. The zero-order valence-corrected chi connectivity index (χ0v) is 29.4. The highest BCUT2D eigenvalue weighted by Gasteiger charge is 2.62. The molecule has 51 heavy (non-hydrogen) atoms. The molecule has 0 bridgehead atoms. The van der Waals surface area contributed by atoms with Crippen molar-refractivity contribution in [2.45, 2.75) is 83.6 Å². The number of nitrogens with one attached hydrogen (secondary N) is 1. The van der Waals surface area contributed by atoms with Crippen LogP contribution in [0.15, 0.2) is 48.5 Å². The van der Waals surface area contributed by atoms with Crippen molar-refractivity contribution in [3.8, 4) is 11.5 Å². The van der Waals surface area contributed by atoms with E-state index in [1.807, 2.05) is 0 Å². The lowest BCUT2D eigenvalue weighted by Crippen LogP contribution is -2.65. The zero-order chi connectivity index (χ0) is 36.9. The molecule has 1 aliphatic heterocycles. The Hall–Kier alpha value is -3.32. The predicted molar refractivity (Wildman–Crippen MR) is 178 cm³/mol. The van der Waals surface area contributed by atoms with Crippen LogP contribution in [0.3, 0.4) is 0 Å². The number of hydrogen-bond donors (Lipinski definition) is 1. The first kappa shape index (κ1) is 37.4. The summed E-state index contributed by atoms with van der Waals surface area (Å²) < 4.78 is 85.2. The Kier molecular flexibility index (Phi) is 10.2. The van der Waals surface area contributed by atoms with Gasteiger partial charge >= 0.3 is 12.7 Å². The highest BCUT2D eigenvalue weighted by Crippen LogP contribution is 2.65. The van der Waals surface area contributed by atoms with E-state index in [2.05, 4.69) is 52.5 Å². The standard InChI is InChI=1S/C38H47F6N3O4/c1-35-18-16-30-28(22-47(20-19-46(3)4)32-21-25(48)15-17-36(30,32)2)29(35)13-14-31(35)34(49)45-33(23-5-9-26(10-6-23)50-37(39,40)41)24-7-11-27(12-8-24)51-38(42,43)44/h5-12,28-33H,13-22H2,1-4H3,(H,45,49)/t28?,29?,30?,31?,32?,35-,36+/m0/s1. The van der Waals surface area contributed by atoms with Gasteiger partial charge in [0.25, 0.3) is 0 Å². The molecule has 2 aromatic rings. The van der Waals surface area contributed by atoms with Crippen LogP contribution in [-0.2, 0) is 9.59 Å². The van der Waals surface area contributed by atoms with Gasteiger partial charge in [-0.25, -0.2) is 0 Å². The van der Waals surface area contributed by atoms with Crippen LogP contribution in [0.1, 0.15) is 76.0 Å². The van der Waals surface area contributed by atoms with Gasteiger partial charge in [0.05, 0.1) is 6.04 Å². The first-order chi connectivity index (χ1) is 23.9. The molecule has 1 amide bonds. The van der Waals surface area contributed by atoms with Crippen LogP contribution in [0.2, 0.25) is 0 Å². The Morgan fingerprint density at radius 1 is 0.863 bits per heavy atom. The van der Waals surface area contributed by atoms with Gasteiger partial charge in [-0.1, -0.05) is 38.1 Å². The molecule has 1 heterocycles. The van der Waals surface area contributed by atoms with E-state index < -0.39 is 30.3 Å². The third kappa shape index (κ3) is 7.89. The molecule has 3 aliphatic carbocycles. The number of piperidine rings is 1. The molecule has 280 valence electrons. The maximum absolute atomic E-state index is 14.4. The molecular weight excluding hydrogens is 676 g/mol. The fourth-order valence-electron chi connectivity index (χ4n) is 10.2. The Bertz CT molecular complexity index is 1510. The Balaban J connectivity index is 1.25. The third-order valence-electron chi connectivity index (χ3n) is 12.6. The smallest absolute Gasteiger partial charge is 0.406 e. The van der Waals surface area contributed by atoms with Crippen LogP contribution < -0.4 is 14.8 Å². The topological polar surface area (TPSA) is 71.1 Å². The minimum Gasteiger partial charge on any atom is -0.406 e. The summed E-state index contributed by atoms with van der Waals surface area (Å²) >= 11 is 0. The van der Waals surface area contributed by atoms with Gasteiger partial charge in [-0.2, -0.15) is 0 Å². The summed E-state index contributed by atoms with van der Waals surface area (Å²) in [6, 6.07) is 9.59. The van der Waals surface area contributed by atoms with E-state index in [9.17, 15) is 35.9 Å². The van der Waals surface area contributed by atoms with Crippen LogP contribution in [0.25, 0.3) is 0 Å². The van der Waals surface area contributed by atoms with E-state index in [1.54, 1.807) is 0 Å². The summed E-state index contributed by atoms with van der Waals surface area (Å²) in [4.78, 5) is 31.8. The van der Waals surface area contributed by atoms with Gasteiger partial charge in [0, 0.05) is 44.4 Å². The number of likely N-dealkylation sites (N-methyl/N-ethyl adjacent to an activating group) is 1. The summed E-state index contributed by atoms with van der Waals surface area (Å²) in [5.41, 5.74) is 0.603. The van der Waals surface area contributed by atoms with Gasteiger partial charge in [0.1, 0.15) is 17.3 Å². The number of rotatable bonds is 9. The van der Waals surface area contributed by atoms with Crippen molar-refractivity contribution in [3.05, 3.63) is 59.7 Å². The van der Waals surface area contributed by atoms with Crippen LogP contribution in [0.4, 0.5) is 26.3 Å². The number of likely N-dealkylation sites (tertiary alicyclic amines) is 1. The maximum Gasteiger partial charge on any atom is 0.573 e. The number of ketones is 1. The summed E-state index contributed by atoms with van der Waals surface area (Å²) in [7, 11) is 4.11. The first-order valence-electron chi connectivity index (χ1n) is 17.8. The highest BCUT2D eigenvalue weighted by atomic mass is 19.4. The number of amides is 1. The van der Waals surface area contributed by atoms with Crippen molar-refractivity contribution >= 4 is 11.7 Å². The number of fused-ring (bicyclic) bond motifs is 5. The minimum atomic E-state index is -4.88. The van der Waals surface area contributed by atoms with Crippen LogP contribution in [0.5, 0.6) is 11.5 Å². The van der Waals surface area contributed by atoms with Crippen molar-refractivity contribution in [2.75, 3.05) is 33.7 Å². The number of carbonyl (C=O) groups is 2. The van der Waals surface area contributed by atoms with Gasteiger partial charge in [-0.05, 0) is 110 Å².